The zero-order valence-electron chi connectivity index (χ0n) is 17.6. The van der Waals surface area contributed by atoms with Crippen LogP contribution in [0.3, 0.4) is 0 Å². The largest absolute Gasteiger partial charge is 0.469 e. The minimum Gasteiger partial charge on any atom is -0.469 e. The van der Waals surface area contributed by atoms with Crippen LogP contribution in [0, 0.1) is 70.0 Å². The molecular weight excluding hydrogens is 352 g/mol. The Morgan fingerprint density at radius 3 is 1.18 bits per heavy atom. The molecule has 0 spiro atoms. The van der Waals surface area contributed by atoms with E-state index < -0.39 is 0 Å². The molecule has 6 aliphatic rings. The van der Waals surface area contributed by atoms with Crippen LogP contribution in [-0.4, -0.2) is 26.2 Å². The van der Waals surface area contributed by atoms with Gasteiger partial charge in [-0.3, -0.25) is 9.59 Å². The molecule has 0 radical (unpaired) electrons. The molecule has 0 bridgehead atoms. The maximum absolute atomic E-state index is 13.4. The van der Waals surface area contributed by atoms with Crippen LogP contribution in [0.25, 0.3) is 0 Å². The Kier molecular flexibility index (Phi) is 3.39. The summed E-state index contributed by atoms with van der Waals surface area (Å²) in [6.45, 7) is 4.52. The molecule has 0 aromatic heterocycles. The summed E-state index contributed by atoms with van der Waals surface area (Å²) in [7, 11) is 3.16. The fourth-order valence-electron chi connectivity index (χ4n) is 11.2. The van der Waals surface area contributed by atoms with Crippen LogP contribution >= 0.6 is 0 Å². The van der Waals surface area contributed by atoms with Crippen LogP contribution in [0.4, 0.5) is 0 Å². The van der Waals surface area contributed by atoms with Gasteiger partial charge in [0, 0.05) is 0 Å². The van der Waals surface area contributed by atoms with Crippen molar-refractivity contribution in [3.05, 3.63) is 0 Å². The number of carbonyl (C=O) groups is 2. The quantitative estimate of drug-likeness (QED) is 0.675. The normalized spacial score (nSPS) is 59.9. The highest BCUT2D eigenvalue weighted by Gasteiger charge is 2.84. The number of methoxy groups -OCH3 is 2. The first-order chi connectivity index (χ1) is 13.4. The summed E-state index contributed by atoms with van der Waals surface area (Å²) >= 11 is 0. The summed E-state index contributed by atoms with van der Waals surface area (Å²) in [5.74, 6) is 5.10. The SMILES string of the molecule is COC(=O)C1(C)C2C3CCCC3C3C2C2C1C1CCCC1C2C3(C)C(=O)OC. The molecule has 6 aliphatic carbocycles. The molecule has 0 aromatic carbocycles. The van der Waals surface area contributed by atoms with Gasteiger partial charge in [0.05, 0.1) is 25.0 Å². The number of rotatable bonds is 2. The molecule has 0 amide bonds. The summed E-state index contributed by atoms with van der Waals surface area (Å²) in [5, 5.41) is 0. The summed E-state index contributed by atoms with van der Waals surface area (Å²) in [6.07, 6.45) is 7.40. The minimum absolute atomic E-state index is 0.0364. The van der Waals surface area contributed by atoms with E-state index in [1.54, 1.807) is 14.2 Å². The van der Waals surface area contributed by atoms with Crippen LogP contribution in [0.2, 0.25) is 0 Å². The van der Waals surface area contributed by atoms with Gasteiger partial charge in [0.2, 0.25) is 0 Å². The topological polar surface area (TPSA) is 52.6 Å². The van der Waals surface area contributed by atoms with E-state index in [0.717, 1.165) is 0 Å². The van der Waals surface area contributed by atoms with Crippen molar-refractivity contribution >= 4 is 11.9 Å². The van der Waals surface area contributed by atoms with Gasteiger partial charge in [-0.15, -0.1) is 0 Å². The van der Waals surface area contributed by atoms with E-state index in [2.05, 4.69) is 13.8 Å². The van der Waals surface area contributed by atoms with Gasteiger partial charge in [-0.05, 0) is 98.7 Å². The van der Waals surface area contributed by atoms with Gasteiger partial charge in [-0.1, -0.05) is 12.8 Å². The molecular formula is C24H34O4. The number of carbonyl (C=O) groups excluding carboxylic acids is 2. The predicted molar refractivity (Wildman–Crippen MR) is 103 cm³/mol. The molecule has 0 aliphatic heterocycles. The number of esters is 2. The highest BCUT2D eigenvalue weighted by molar-refractivity contribution is 5.81. The van der Waals surface area contributed by atoms with E-state index in [0.29, 0.717) is 59.2 Å². The third-order valence-electron chi connectivity index (χ3n) is 11.2. The molecule has 8 unspecified atom stereocenters. The molecule has 4 nitrogen and oxygen atoms in total. The third kappa shape index (κ3) is 1.59. The van der Waals surface area contributed by atoms with Crippen LogP contribution in [0.15, 0.2) is 0 Å². The first kappa shape index (κ1) is 17.8. The Balaban J connectivity index is 1.59. The fourth-order valence-corrected chi connectivity index (χ4v) is 11.2. The Morgan fingerprint density at radius 1 is 0.643 bits per heavy atom. The van der Waals surface area contributed by atoms with Crippen LogP contribution in [-0.2, 0) is 19.1 Å². The van der Waals surface area contributed by atoms with Crippen molar-refractivity contribution in [3.63, 3.8) is 0 Å². The van der Waals surface area contributed by atoms with Gasteiger partial charge in [-0.2, -0.15) is 0 Å². The predicted octanol–water partition coefficient (Wildman–Crippen LogP) is 3.93. The average molecular weight is 387 g/mol. The zero-order chi connectivity index (χ0) is 19.6. The number of hydrogen-bond acceptors (Lipinski definition) is 4. The van der Waals surface area contributed by atoms with Crippen LogP contribution in [0.5, 0.6) is 0 Å². The average Bonchev–Trinajstić information content (AvgIpc) is 3.45. The van der Waals surface area contributed by atoms with E-state index in [-0.39, 0.29) is 22.8 Å². The van der Waals surface area contributed by atoms with E-state index >= 15 is 0 Å². The van der Waals surface area contributed by atoms with E-state index in [1.807, 2.05) is 0 Å². The number of fused-ring (bicyclic) bond motifs is 6. The fraction of sp³-hybridized carbons (Fsp3) is 0.917. The molecule has 0 N–H and O–H groups in total. The van der Waals surface area contributed by atoms with Gasteiger partial charge in [0.1, 0.15) is 0 Å². The lowest BCUT2D eigenvalue weighted by atomic mass is 9.63. The van der Waals surface area contributed by atoms with Crippen molar-refractivity contribution in [1.82, 2.24) is 0 Å². The van der Waals surface area contributed by atoms with Gasteiger partial charge >= 0.3 is 11.9 Å². The lowest BCUT2D eigenvalue weighted by molar-refractivity contribution is -0.160. The van der Waals surface area contributed by atoms with Crippen molar-refractivity contribution < 1.29 is 19.1 Å². The van der Waals surface area contributed by atoms with Crippen molar-refractivity contribution in [2.45, 2.75) is 52.4 Å². The monoisotopic (exact) mass is 386 g/mol. The Labute approximate surface area is 168 Å². The summed E-state index contributed by atoms with van der Waals surface area (Å²) in [4.78, 5) is 26.7. The maximum atomic E-state index is 13.4. The van der Waals surface area contributed by atoms with Crippen molar-refractivity contribution in [2.24, 2.45) is 70.0 Å². The summed E-state index contributed by atoms with van der Waals surface area (Å²) in [5.41, 5.74) is -0.711. The second-order valence-electron chi connectivity index (χ2n) is 11.3. The van der Waals surface area contributed by atoms with Crippen LogP contribution < -0.4 is 0 Å². The molecule has 28 heavy (non-hydrogen) atoms. The van der Waals surface area contributed by atoms with Crippen molar-refractivity contribution in [1.29, 1.82) is 0 Å². The molecule has 8 atom stereocenters. The lowest BCUT2D eigenvalue weighted by Crippen LogP contribution is -2.44. The molecule has 0 heterocycles. The third-order valence-corrected chi connectivity index (χ3v) is 11.2. The molecule has 6 saturated carbocycles. The molecule has 4 heteroatoms. The molecule has 154 valence electrons. The van der Waals surface area contributed by atoms with Crippen molar-refractivity contribution in [2.75, 3.05) is 14.2 Å². The summed E-state index contributed by atoms with van der Waals surface area (Å²) in [6, 6.07) is 0. The molecule has 6 fully saturated rings. The lowest BCUT2D eigenvalue weighted by Gasteiger charge is -2.40. The highest BCUT2D eigenvalue weighted by atomic mass is 16.5. The second kappa shape index (κ2) is 5.35. The number of ether oxygens (including phenoxy) is 2. The van der Waals surface area contributed by atoms with Crippen molar-refractivity contribution in [3.8, 4) is 0 Å². The van der Waals surface area contributed by atoms with Gasteiger partial charge in [0.15, 0.2) is 0 Å². The first-order valence-corrected chi connectivity index (χ1v) is 11.6. The van der Waals surface area contributed by atoms with Crippen LogP contribution in [0.1, 0.15) is 52.4 Å². The maximum Gasteiger partial charge on any atom is 0.312 e. The zero-order valence-corrected chi connectivity index (χ0v) is 17.6. The van der Waals surface area contributed by atoms with Gasteiger partial charge < -0.3 is 9.47 Å². The van der Waals surface area contributed by atoms with E-state index in [1.165, 1.54) is 38.5 Å². The molecule has 0 saturated heterocycles. The Bertz CT molecular complexity index is 645. The smallest absolute Gasteiger partial charge is 0.312 e. The van der Waals surface area contributed by atoms with E-state index in [4.69, 9.17) is 9.47 Å². The first-order valence-electron chi connectivity index (χ1n) is 11.6. The molecule has 0 aromatic rings. The Morgan fingerprint density at radius 2 is 0.929 bits per heavy atom. The second-order valence-corrected chi connectivity index (χ2v) is 11.3. The minimum atomic E-state index is -0.356. The summed E-state index contributed by atoms with van der Waals surface area (Å²) < 4.78 is 11.0. The van der Waals surface area contributed by atoms with E-state index in [9.17, 15) is 9.59 Å². The number of hydrogen-bond donors (Lipinski definition) is 0. The standard InChI is InChI=1S/C24H34O4/c1-23(21(25)27-3)17-11-7-5-9-13(11)19-15(17)16-18(23)12-8-6-10-14(12)20(16)24(19,2)22(26)28-4/h11-20H,5-10H2,1-4H3. The molecule has 6 rings (SSSR count). The Hall–Kier alpha value is -1.06. The van der Waals surface area contributed by atoms with Gasteiger partial charge in [0.25, 0.3) is 0 Å². The highest BCUT2D eigenvalue weighted by Crippen LogP contribution is 2.84. The van der Waals surface area contributed by atoms with Gasteiger partial charge in [-0.25, -0.2) is 0 Å².